The highest BCUT2D eigenvalue weighted by Gasteiger charge is 1.91. The Hall–Kier alpha value is -1.16. The molecule has 1 amide bonds. The van der Waals surface area contributed by atoms with E-state index in [2.05, 4.69) is 5.32 Å². The molecule has 0 aliphatic carbocycles. The third-order valence-corrected chi connectivity index (χ3v) is 1.10. The van der Waals surface area contributed by atoms with Crippen molar-refractivity contribution in [1.29, 1.82) is 0 Å². The van der Waals surface area contributed by atoms with Gasteiger partial charge in [0.05, 0.1) is 6.54 Å². The summed E-state index contributed by atoms with van der Waals surface area (Å²) < 4.78 is 0. The van der Waals surface area contributed by atoms with Gasteiger partial charge in [0.2, 0.25) is 5.91 Å². The summed E-state index contributed by atoms with van der Waals surface area (Å²) in [6.07, 6.45) is 3.81. The van der Waals surface area contributed by atoms with Gasteiger partial charge in [0.1, 0.15) is 6.29 Å². The molecule has 0 aromatic carbocycles. The van der Waals surface area contributed by atoms with Crippen LogP contribution in [-0.4, -0.2) is 44.3 Å². The predicted octanol–water partition coefficient (Wildman–Crippen LogP) is -0.581. The predicted molar refractivity (Wildman–Crippen MR) is 46.8 cm³/mol. The van der Waals surface area contributed by atoms with Crippen molar-refractivity contribution in [2.75, 3.05) is 27.2 Å². The van der Waals surface area contributed by atoms with Crippen molar-refractivity contribution in [3.8, 4) is 0 Å². The summed E-state index contributed by atoms with van der Waals surface area (Å²) in [5, 5.41) is 2.39. The van der Waals surface area contributed by atoms with Gasteiger partial charge in [-0.05, 0) is 14.1 Å². The maximum absolute atomic E-state index is 10.8. The van der Waals surface area contributed by atoms with Crippen molar-refractivity contribution >= 4 is 12.2 Å². The van der Waals surface area contributed by atoms with Crippen molar-refractivity contribution < 1.29 is 9.59 Å². The lowest BCUT2D eigenvalue weighted by Gasteiger charge is -2.03. The van der Waals surface area contributed by atoms with Crippen LogP contribution in [-0.2, 0) is 9.59 Å². The number of nitrogens with zero attached hydrogens (tertiary/aromatic N) is 1. The molecule has 0 rings (SSSR count). The molecule has 4 nitrogen and oxygen atoms in total. The minimum Gasteiger partial charge on any atom is -0.346 e. The number of likely N-dealkylation sites (N-methyl/N-ethyl adjacent to an activating group) is 1. The van der Waals surface area contributed by atoms with Crippen molar-refractivity contribution in [3.63, 3.8) is 0 Å². The Labute approximate surface area is 72.2 Å². The Kier molecular flexibility index (Phi) is 5.91. The number of aldehydes is 1. The number of carbonyl (C=O) groups excluding carboxylic acids is 2. The maximum Gasteiger partial charge on any atom is 0.244 e. The maximum atomic E-state index is 10.8. The lowest BCUT2D eigenvalue weighted by atomic mass is 10.4. The van der Waals surface area contributed by atoms with E-state index in [1.807, 2.05) is 19.0 Å². The molecule has 0 spiro atoms. The van der Waals surface area contributed by atoms with Crippen LogP contribution >= 0.6 is 0 Å². The van der Waals surface area contributed by atoms with Gasteiger partial charge in [-0.25, -0.2) is 0 Å². The summed E-state index contributed by atoms with van der Waals surface area (Å²) >= 11 is 0. The van der Waals surface area contributed by atoms with Crippen molar-refractivity contribution in [2.45, 2.75) is 0 Å². The minimum atomic E-state index is -0.232. The van der Waals surface area contributed by atoms with Gasteiger partial charge < -0.3 is 15.0 Å². The highest BCUT2D eigenvalue weighted by molar-refractivity contribution is 5.88. The number of rotatable bonds is 5. The molecule has 4 heteroatoms. The van der Waals surface area contributed by atoms with Crippen LogP contribution in [0.3, 0.4) is 0 Å². The zero-order valence-corrected chi connectivity index (χ0v) is 7.41. The third kappa shape index (κ3) is 6.95. The Morgan fingerprint density at radius 1 is 1.50 bits per heavy atom. The number of hydrogen-bond donors (Lipinski definition) is 1. The lowest BCUT2D eigenvalue weighted by molar-refractivity contribution is -0.118. The van der Waals surface area contributed by atoms with Crippen LogP contribution in [0.15, 0.2) is 12.2 Å². The zero-order chi connectivity index (χ0) is 9.40. The number of hydrogen-bond acceptors (Lipinski definition) is 3. The van der Waals surface area contributed by atoms with Crippen LogP contribution in [0.2, 0.25) is 0 Å². The molecular weight excluding hydrogens is 156 g/mol. The van der Waals surface area contributed by atoms with Crippen LogP contribution in [0.5, 0.6) is 0 Å². The topological polar surface area (TPSA) is 49.4 Å². The first-order valence-corrected chi connectivity index (χ1v) is 3.69. The first-order chi connectivity index (χ1) is 5.66. The van der Waals surface area contributed by atoms with E-state index < -0.39 is 0 Å². The van der Waals surface area contributed by atoms with Gasteiger partial charge in [0, 0.05) is 12.6 Å². The summed E-state index contributed by atoms with van der Waals surface area (Å²) in [7, 11) is 3.82. The molecule has 0 aromatic rings. The van der Waals surface area contributed by atoms with Crippen LogP contribution in [0.1, 0.15) is 0 Å². The molecule has 0 aromatic heterocycles. The molecule has 0 saturated carbocycles. The molecule has 68 valence electrons. The Morgan fingerprint density at radius 3 is 2.67 bits per heavy atom. The highest BCUT2D eigenvalue weighted by Crippen LogP contribution is 1.77. The quantitative estimate of drug-likeness (QED) is 0.443. The summed E-state index contributed by atoms with van der Waals surface area (Å²) in [5.41, 5.74) is 0. The zero-order valence-electron chi connectivity index (χ0n) is 7.41. The average Bonchev–Trinajstić information content (AvgIpc) is 2.00. The second-order valence-electron chi connectivity index (χ2n) is 2.58. The van der Waals surface area contributed by atoms with Crippen molar-refractivity contribution in [2.24, 2.45) is 0 Å². The van der Waals surface area contributed by atoms with E-state index in [1.54, 1.807) is 6.08 Å². The summed E-state index contributed by atoms with van der Waals surface area (Å²) in [6.45, 7) is 0.791. The monoisotopic (exact) mass is 170 g/mol. The van der Waals surface area contributed by atoms with Gasteiger partial charge in [-0.3, -0.25) is 4.79 Å². The number of nitrogens with one attached hydrogen (secondary N) is 1. The smallest absolute Gasteiger partial charge is 0.244 e. The average molecular weight is 170 g/mol. The van der Waals surface area contributed by atoms with Gasteiger partial charge in [-0.15, -0.1) is 0 Å². The molecular formula is C8H14N2O2. The summed E-state index contributed by atoms with van der Waals surface area (Å²) in [4.78, 5) is 22.6. The molecule has 0 radical (unpaired) electrons. The molecule has 0 unspecified atom stereocenters. The first-order valence-electron chi connectivity index (χ1n) is 3.69. The Balaban J connectivity index is 3.53. The van der Waals surface area contributed by atoms with Gasteiger partial charge in [-0.1, -0.05) is 6.08 Å². The fourth-order valence-corrected chi connectivity index (χ4v) is 0.572. The van der Waals surface area contributed by atoms with Crippen LogP contribution in [0.4, 0.5) is 0 Å². The lowest BCUT2D eigenvalue weighted by Crippen LogP contribution is -2.23. The van der Waals surface area contributed by atoms with Crippen molar-refractivity contribution in [3.05, 3.63) is 12.2 Å². The standard InChI is InChI=1S/C8H14N2O2/c1-10(2)6-3-4-8(12)9-5-7-11/h3-4,7H,5-6H2,1-2H3,(H,9,12)/b4-3+. The molecule has 0 heterocycles. The van der Waals surface area contributed by atoms with E-state index in [1.165, 1.54) is 6.08 Å². The van der Waals surface area contributed by atoms with Crippen molar-refractivity contribution in [1.82, 2.24) is 10.2 Å². The molecule has 0 bridgehead atoms. The third-order valence-electron chi connectivity index (χ3n) is 1.10. The van der Waals surface area contributed by atoms with Gasteiger partial charge in [0.15, 0.2) is 0 Å². The first kappa shape index (κ1) is 10.8. The second-order valence-corrected chi connectivity index (χ2v) is 2.58. The highest BCUT2D eigenvalue weighted by atomic mass is 16.2. The van der Waals surface area contributed by atoms with E-state index in [-0.39, 0.29) is 12.5 Å². The Bertz CT molecular complexity index is 176. The molecule has 0 fully saturated rings. The molecule has 12 heavy (non-hydrogen) atoms. The van der Waals surface area contributed by atoms with Crippen LogP contribution in [0, 0.1) is 0 Å². The molecule has 0 aliphatic heterocycles. The van der Waals surface area contributed by atoms with E-state index in [0.29, 0.717) is 12.8 Å². The minimum absolute atomic E-state index is 0.0745. The summed E-state index contributed by atoms with van der Waals surface area (Å²) in [5.74, 6) is -0.232. The van der Waals surface area contributed by atoms with Gasteiger partial charge >= 0.3 is 0 Å². The molecule has 0 atom stereocenters. The van der Waals surface area contributed by atoms with Gasteiger partial charge in [0.25, 0.3) is 0 Å². The molecule has 0 aliphatic rings. The normalized spacial score (nSPS) is 10.6. The number of amides is 1. The number of carbonyl (C=O) groups is 2. The van der Waals surface area contributed by atoms with Gasteiger partial charge in [-0.2, -0.15) is 0 Å². The fraction of sp³-hybridized carbons (Fsp3) is 0.500. The van der Waals surface area contributed by atoms with E-state index in [9.17, 15) is 9.59 Å². The van der Waals surface area contributed by atoms with E-state index in [0.717, 1.165) is 0 Å². The largest absolute Gasteiger partial charge is 0.346 e. The van der Waals surface area contributed by atoms with Crippen LogP contribution < -0.4 is 5.32 Å². The SMILES string of the molecule is CN(C)C/C=C/C(=O)NCC=O. The summed E-state index contributed by atoms with van der Waals surface area (Å²) in [6, 6.07) is 0. The van der Waals surface area contributed by atoms with E-state index in [4.69, 9.17) is 0 Å². The second kappa shape index (κ2) is 6.54. The molecule has 1 N–H and O–H groups in total. The van der Waals surface area contributed by atoms with Crippen LogP contribution in [0.25, 0.3) is 0 Å². The Morgan fingerprint density at radius 2 is 2.17 bits per heavy atom. The molecule has 0 saturated heterocycles. The fourth-order valence-electron chi connectivity index (χ4n) is 0.572. The van der Waals surface area contributed by atoms with E-state index >= 15 is 0 Å².